The molecular weight excluding hydrogens is 376 g/mol. The lowest BCUT2D eigenvalue weighted by atomic mass is 9.76. The molecule has 0 radical (unpaired) electrons. The van der Waals surface area contributed by atoms with Crippen molar-refractivity contribution in [2.45, 2.75) is 38.5 Å². The molecule has 0 aliphatic carbocycles. The van der Waals surface area contributed by atoms with E-state index < -0.39 is 0 Å². The fourth-order valence-electron chi connectivity index (χ4n) is 4.70. The molecule has 0 aliphatic heterocycles. The van der Waals surface area contributed by atoms with Crippen LogP contribution in [0.15, 0.2) is 103 Å². The van der Waals surface area contributed by atoms with Gasteiger partial charge in [0.1, 0.15) is 5.75 Å². The van der Waals surface area contributed by atoms with Crippen molar-refractivity contribution in [2.75, 3.05) is 0 Å². The summed E-state index contributed by atoms with van der Waals surface area (Å²) in [7, 11) is 0. The third-order valence-electron chi connectivity index (χ3n) is 6.53. The van der Waals surface area contributed by atoms with Gasteiger partial charge in [0.2, 0.25) is 0 Å². The van der Waals surface area contributed by atoms with E-state index in [1.54, 1.807) is 0 Å². The van der Waals surface area contributed by atoms with Crippen molar-refractivity contribution >= 4 is 0 Å². The maximum Gasteiger partial charge on any atom is 0.119 e. The van der Waals surface area contributed by atoms with Crippen LogP contribution in [0.4, 0.5) is 0 Å². The number of rotatable bonds is 6. The van der Waals surface area contributed by atoms with Crippen molar-refractivity contribution in [3.8, 4) is 5.75 Å². The van der Waals surface area contributed by atoms with E-state index in [1.165, 1.54) is 27.8 Å². The molecule has 0 saturated carbocycles. The molecule has 0 spiro atoms. The fraction of sp³-hybridized carbons (Fsp3) is 0.200. The summed E-state index contributed by atoms with van der Waals surface area (Å²) in [6.45, 7) is 6.72. The van der Waals surface area contributed by atoms with Gasteiger partial charge in [0.25, 0.3) is 0 Å². The van der Waals surface area contributed by atoms with Crippen molar-refractivity contribution in [3.63, 3.8) is 0 Å². The molecule has 1 N–H and O–H groups in total. The van der Waals surface area contributed by atoms with Gasteiger partial charge in [-0.15, -0.1) is 0 Å². The Morgan fingerprint density at radius 1 is 0.452 bits per heavy atom. The van der Waals surface area contributed by atoms with E-state index >= 15 is 0 Å². The minimum Gasteiger partial charge on any atom is -0.508 e. The van der Waals surface area contributed by atoms with Crippen molar-refractivity contribution in [2.24, 2.45) is 0 Å². The molecule has 0 amide bonds. The quantitative estimate of drug-likeness (QED) is 0.346. The number of hydrogen-bond donors (Lipinski definition) is 1. The zero-order valence-electron chi connectivity index (χ0n) is 18.5. The molecule has 4 aromatic rings. The van der Waals surface area contributed by atoms with Gasteiger partial charge in [-0.3, -0.25) is 0 Å². The Balaban J connectivity index is 1.93. The second-order valence-electron chi connectivity index (χ2n) is 8.40. The van der Waals surface area contributed by atoms with Gasteiger partial charge in [-0.25, -0.2) is 0 Å². The van der Waals surface area contributed by atoms with E-state index in [1.807, 2.05) is 12.1 Å². The highest BCUT2D eigenvalue weighted by atomic mass is 16.3. The molecule has 0 aliphatic rings. The summed E-state index contributed by atoms with van der Waals surface area (Å²) in [6.07, 6.45) is 0. The van der Waals surface area contributed by atoms with Crippen LogP contribution in [0, 0.1) is 0 Å². The van der Waals surface area contributed by atoms with E-state index in [2.05, 4.69) is 112 Å². The SMILES string of the molecule is CC(c1ccccc1)c1ccc(O)c(C(C)c2ccccc2)c1C(C)c1ccccc1. The average molecular weight is 407 g/mol. The molecule has 31 heavy (non-hydrogen) atoms. The van der Waals surface area contributed by atoms with E-state index in [4.69, 9.17) is 0 Å². The molecule has 0 saturated heterocycles. The standard InChI is InChI=1S/C30H30O/c1-21(24-13-7-4-8-14-24)27-19-20-28(31)30(23(3)26-17-11-6-12-18-26)29(27)22(2)25-15-9-5-10-16-25/h4-23,31H,1-3H3. The summed E-state index contributed by atoms with van der Waals surface area (Å²) in [5.74, 6) is 0.851. The molecule has 4 aromatic carbocycles. The first-order valence-corrected chi connectivity index (χ1v) is 11.1. The number of phenolic OH excluding ortho intramolecular Hbond substituents is 1. The van der Waals surface area contributed by atoms with Gasteiger partial charge in [0.05, 0.1) is 0 Å². The highest BCUT2D eigenvalue weighted by Crippen LogP contribution is 2.44. The molecular formula is C30H30O. The summed E-state index contributed by atoms with van der Waals surface area (Å²) in [5, 5.41) is 11.1. The average Bonchev–Trinajstić information content (AvgIpc) is 2.84. The highest BCUT2D eigenvalue weighted by molar-refractivity contribution is 5.55. The first-order valence-electron chi connectivity index (χ1n) is 11.1. The minimum absolute atomic E-state index is 0.0882. The summed E-state index contributed by atoms with van der Waals surface area (Å²) in [4.78, 5) is 0. The normalized spacial score (nSPS) is 14.0. The van der Waals surface area contributed by atoms with E-state index in [0.717, 1.165) is 5.56 Å². The second-order valence-corrected chi connectivity index (χ2v) is 8.40. The lowest BCUT2D eigenvalue weighted by Crippen LogP contribution is -2.12. The van der Waals surface area contributed by atoms with Crippen LogP contribution in [0.3, 0.4) is 0 Å². The molecule has 0 fully saturated rings. The summed E-state index contributed by atoms with van der Waals surface area (Å²) >= 11 is 0. The van der Waals surface area contributed by atoms with Crippen LogP contribution in [-0.2, 0) is 0 Å². The monoisotopic (exact) mass is 406 g/mol. The maximum absolute atomic E-state index is 11.1. The molecule has 0 aromatic heterocycles. The third-order valence-corrected chi connectivity index (χ3v) is 6.53. The summed E-state index contributed by atoms with van der Waals surface area (Å²) in [5.41, 5.74) is 7.30. The van der Waals surface area contributed by atoms with Gasteiger partial charge in [-0.05, 0) is 33.9 Å². The zero-order chi connectivity index (χ0) is 21.8. The van der Waals surface area contributed by atoms with Gasteiger partial charge >= 0.3 is 0 Å². The molecule has 3 atom stereocenters. The van der Waals surface area contributed by atoms with Gasteiger partial charge in [-0.1, -0.05) is 118 Å². The lowest BCUT2D eigenvalue weighted by Gasteiger charge is -2.28. The summed E-state index contributed by atoms with van der Waals surface area (Å²) in [6, 6.07) is 35.7. The molecule has 0 heterocycles. The second kappa shape index (κ2) is 9.22. The number of benzene rings is 4. The third kappa shape index (κ3) is 4.27. The molecule has 1 heteroatoms. The minimum atomic E-state index is 0.0882. The Bertz CT molecular complexity index is 1120. The number of aromatic hydroxyl groups is 1. The Hall–Kier alpha value is -3.32. The van der Waals surface area contributed by atoms with Crippen LogP contribution in [0.1, 0.15) is 71.9 Å². The van der Waals surface area contributed by atoms with E-state index in [-0.39, 0.29) is 17.8 Å². The van der Waals surface area contributed by atoms with Crippen LogP contribution >= 0.6 is 0 Å². The maximum atomic E-state index is 11.1. The van der Waals surface area contributed by atoms with Gasteiger partial charge < -0.3 is 5.11 Å². The van der Waals surface area contributed by atoms with Crippen molar-refractivity contribution in [1.29, 1.82) is 0 Å². The largest absolute Gasteiger partial charge is 0.508 e. The van der Waals surface area contributed by atoms with Gasteiger partial charge in [-0.2, -0.15) is 0 Å². The highest BCUT2D eigenvalue weighted by Gasteiger charge is 2.26. The number of hydrogen-bond acceptors (Lipinski definition) is 1. The number of phenols is 1. The molecule has 3 unspecified atom stereocenters. The topological polar surface area (TPSA) is 20.2 Å². The zero-order valence-corrected chi connectivity index (χ0v) is 18.5. The predicted molar refractivity (Wildman–Crippen MR) is 130 cm³/mol. The smallest absolute Gasteiger partial charge is 0.119 e. The Morgan fingerprint density at radius 2 is 0.839 bits per heavy atom. The van der Waals surface area contributed by atoms with Crippen molar-refractivity contribution in [3.05, 3.63) is 137 Å². The van der Waals surface area contributed by atoms with Gasteiger partial charge in [0.15, 0.2) is 0 Å². The van der Waals surface area contributed by atoms with Crippen LogP contribution < -0.4 is 0 Å². The lowest BCUT2D eigenvalue weighted by molar-refractivity contribution is 0.463. The van der Waals surface area contributed by atoms with E-state index in [0.29, 0.717) is 5.75 Å². The van der Waals surface area contributed by atoms with Crippen LogP contribution in [0.25, 0.3) is 0 Å². The summed E-state index contributed by atoms with van der Waals surface area (Å²) < 4.78 is 0. The molecule has 0 bridgehead atoms. The van der Waals surface area contributed by atoms with E-state index in [9.17, 15) is 5.11 Å². The first-order chi connectivity index (χ1) is 15.1. The Kier molecular flexibility index (Phi) is 6.23. The first kappa shape index (κ1) is 20.9. The van der Waals surface area contributed by atoms with Crippen LogP contribution in [-0.4, -0.2) is 5.11 Å². The van der Waals surface area contributed by atoms with Crippen molar-refractivity contribution in [1.82, 2.24) is 0 Å². The van der Waals surface area contributed by atoms with Gasteiger partial charge in [0, 0.05) is 23.3 Å². The fourth-order valence-corrected chi connectivity index (χ4v) is 4.70. The molecule has 4 rings (SSSR count). The Labute approximate surface area is 186 Å². The molecule has 156 valence electrons. The van der Waals surface area contributed by atoms with Crippen molar-refractivity contribution < 1.29 is 5.11 Å². The van der Waals surface area contributed by atoms with Crippen LogP contribution in [0.5, 0.6) is 5.75 Å². The Morgan fingerprint density at radius 3 is 1.29 bits per heavy atom. The molecule has 1 nitrogen and oxygen atoms in total. The predicted octanol–water partition coefficient (Wildman–Crippen LogP) is 7.85. The van der Waals surface area contributed by atoms with Crippen LogP contribution in [0.2, 0.25) is 0 Å².